The molecule has 2 amide bonds. The molecule has 0 saturated carbocycles. The number of carbonyl (C=O) groups excluding carboxylic acids is 2. The minimum atomic E-state index is -1.49. The maximum Gasteiger partial charge on any atom is 0.488 e. The topological polar surface area (TPSA) is 102 Å². The van der Waals surface area contributed by atoms with Gasteiger partial charge in [0.05, 0.1) is 6.04 Å². The Morgan fingerprint density at radius 1 is 1.20 bits per heavy atom. The van der Waals surface area contributed by atoms with Crippen LogP contribution in [0.25, 0.3) is 0 Å². The van der Waals surface area contributed by atoms with Crippen molar-refractivity contribution in [1.82, 2.24) is 15.5 Å². The summed E-state index contributed by atoms with van der Waals surface area (Å²) < 4.78 is 0. The van der Waals surface area contributed by atoms with Crippen LogP contribution in [-0.4, -0.2) is 59.1 Å². The highest BCUT2D eigenvalue weighted by molar-refractivity contribution is 6.58. The lowest BCUT2D eigenvalue weighted by molar-refractivity contribution is -0.139. The van der Waals surface area contributed by atoms with Gasteiger partial charge in [-0.2, -0.15) is 0 Å². The minimum absolute atomic E-state index is 0.0384. The summed E-state index contributed by atoms with van der Waals surface area (Å²) in [6.45, 7) is 1.85. The van der Waals surface area contributed by atoms with Crippen LogP contribution in [0.4, 0.5) is 0 Å². The highest BCUT2D eigenvalue weighted by atomic mass is 16.4. The molecule has 25 heavy (non-hydrogen) atoms. The van der Waals surface area contributed by atoms with E-state index in [-0.39, 0.29) is 17.9 Å². The van der Waals surface area contributed by atoms with Gasteiger partial charge in [0, 0.05) is 13.1 Å². The van der Waals surface area contributed by atoms with Gasteiger partial charge in [0.1, 0.15) is 6.04 Å². The average molecular weight is 345 g/mol. The van der Waals surface area contributed by atoms with Crippen molar-refractivity contribution >= 4 is 24.4 Å². The molecule has 2 saturated heterocycles. The van der Waals surface area contributed by atoms with Crippen molar-refractivity contribution < 1.29 is 19.6 Å². The molecule has 3 rings (SSSR count). The smallest absolute Gasteiger partial charge is 0.423 e. The van der Waals surface area contributed by atoms with Crippen LogP contribution in [0.5, 0.6) is 0 Å². The van der Waals surface area contributed by atoms with Gasteiger partial charge < -0.3 is 25.6 Å². The lowest BCUT2D eigenvalue weighted by Crippen LogP contribution is -2.50. The number of hydrogen-bond acceptors (Lipinski definition) is 5. The van der Waals surface area contributed by atoms with Gasteiger partial charge in [-0.05, 0) is 43.3 Å². The molecule has 134 valence electrons. The average Bonchev–Trinajstić information content (AvgIpc) is 3.30. The van der Waals surface area contributed by atoms with Gasteiger partial charge in [-0.1, -0.05) is 24.3 Å². The Labute approximate surface area is 147 Å². The summed E-state index contributed by atoms with van der Waals surface area (Å²) in [6.07, 6.45) is 3.38. The zero-order chi connectivity index (χ0) is 17.8. The largest absolute Gasteiger partial charge is 0.488 e. The lowest BCUT2D eigenvalue weighted by Gasteiger charge is -2.26. The first-order chi connectivity index (χ1) is 12.1. The number of nitrogens with zero attached hydrogens (tertiary/aromatic N) is 1. The van der Waals surface area contributed by atoms with Crippen LogP contribution in [0.1, 0.15) is 31.2 Å². The summed E-state index contributed by atoms with van der Waals surface area (Å²) in [5.41, 5.74) is 1.28. The van der Waals surface area contributed by atoms with Crippen LogP contribution in [0.2, 0.25) is 0 Å². The minimum Gasteiger partial charge on any atom is -0.423 e. The van der Waals surface area contributed by atoms with Crippen molar-refractivity contribution in [3.05, 3.63) is 29.8 Å². The normalized spacial score (nSPS) is 22.9. The van der Waals surface area contributed by atoms with Crippen molar-refractivity contribution in [2.24, 2.45) is 0 Å². The molecular weight excluding hydrogens is 321 g/mol. The molecule has 0 bridgehead atoms. The molecule has 2 aliphatic rings. The second-order valence-electron chi connectivity index (χ2n) is 6.67. The van der Waals surface area contributed by atoms with E-state index in [0.717, 1.165) is 31.4 Å². The number of benzene rings is 1. The standard InChI is InChI=1S/C17H24BN3O4/c22-16(20-11-12-5-7-13(8-6-12)18(24)25)15-4-2-10-21(15)17(23)14-3-1-9-19-14/h5-8,14-15,19,24-25H,1-4,9-11H2,(H,20,22)/t14-,15-/m0/s1. The Balaban J connectivity index is 1.55. The highest BCUT2D eigenvalue weighted by Gasteiger charge is 2.37. The summed E-state index contributed by atoms with van der Waals surface area (Å²) >= 11 is 0. The highest BCUT2D eigenvalue weighted by Crippen LogP contribution is 2.20. The van der Waals surface area contributed by atoms with Crippen molar-refractivity contribution in [3.8, 4) is 0 Å². The van der Waals surface area contributed by atoms with E-state index in [1.54, 1.807) is 29.2 Å². The van der Waals surface area contributed by atoms with E-state index in [1.165, 1.54) is 0 Å². The van der Waals surface area contributed by atoms with Gasteiger partial charge in [-0.3, -0.25) is 9.59 Å². The third-order valence-electron chi connectivity index (χ3n) is 4.94. The fraction of sp³-hybridized carbons (Fsp3) is 0.529. The number of nitrogens with one attached hydrogen (secondary N) is 2. The van der Waals surface area contributed by atoms with Crippen LogP contribution in [0.3, 0.4) is 0 Å². The van der Waals surface area contributed by atoms with Crippen LogP contribution in [0, 0.1) is 0 Å². The maximum absolute atomic E-state index is 12.6. The number of likely N-dealkylation sites (tertiary alicyclic amines) is 1. The van der Waals surface area contributed by atoms with Crippen LogP contribution < -0.4 is 16.1 Å². The van der Waals surface area contributed by atoms with Gasteiger partial charge in [-0.25, -0.2) is 0 Å². The summed E-state index contributed by atoms with van der Waals surface area (Å²) in [5.74, 6) is -0.0912. The lowest BCUT2D eigenvalue weighted by atomic mass is 9.80. The Kier molecular flexibility index (Phi) is 5.72. The van der Waals surface area contributed by atoms with Crippen LogP contribution >= 0.6 is 0 Å². The predicted octanol–water partition coefficient (Wildman–Crippen LogP) is -1.27. The van der Waals surface area contributed by atoms with Crippen molar-refractivity contribution in [2.45, 2.75) is 44.3 Å². The first-order valence-corrected chi connectivity index (χ1v) is 8.83. The second kappa shape index (κ2) is 7.99. The molecule has 7 nitrogen and oxygen atoms in total. The zero-order valence-corrected chi connectivity index (χ0v) is 14.1. The fourth-order valence-electron chi connectivity index (χ4n) is 3.51. The van der Waals surface area contributed by atoms with Gasteiger partial charge in [0.25, 0.3) is 0 Å². The third-order valence-corrected chi connectivity index (χ3v) is 4.94. The molecule has 0 radical (unpaired) electrons. The summed E-state index contributed by atoms with van der Waals surface area (Å²) in [7, 11) is -1.49. The van der Waals surface area contributed by atoms with Crippen LogP contribution in [0.15, 0.2) is 24.3 Å². The molecule has 0 aliphatic carbocycles. The quantitative estimate of drug-likeness (QED) is 0.499. The van der Waals surface area contributed by atoms with E-state index in [0.29, 0.717) is 25.0 Å². The molecule has 0 unspecified atom stereocenters. The monoisotopic (exact) mass is 345 g/mol. The van der Waals surface area contributed by atoms with E-state index in [1.807, 2.05) is 0 Å². The molecule has 2 atom stereocenters. The van der Waals surface area contributed by atoms with Crippen molar-refractivity contribution in [1.29, 1.82) is 0 Å². The zero-order valence-electron chi connectivity index (χ0n) is 14.1. The molecule has 1 aromatic carbocycles. The predicted molar refractivity (Wildman–Crippen MR) is 93.9 cm³/mol. The number of carbonyl (C=O) groups is 2. The van der Waals surface area contributed by atoms with E-state index in [9.17, 15) is 9.59 Å². The van der Waals surface area contributed by atoms with Gasteiger partial charge in [-0.15, -0.1) is 0 Å². The first kappa shape index (κ1) is 17.9. The SMILES string of the molecule is O=C(NCc1ccc(B(O)O)cc1)[C@@H]1CCCN1C(=O)[C@@H]1CCCN1. The molecule has 4 N–H and O–H groups in total. The molecule has 0 aromatic heterocycles. The maximum atomic E-state index is 12.6. The number of amides is 2. The van der Waals surface area contributed by atoms with Gasteiger partial charge in [0.15, 0.2) is 0 Å². The van der Waals surface area contributed by atoms with Crippen molar-refractivity contribution in [2.75, 3.05) is 13.1 Å². The summed E-state index contributed by atoms with van der Waals surface area (Å²) in [4.78, 5) is 26.8. The van der Waals surface area contributed by atoms with Gasteiger partial charge in [0.2, 0.25) is 11.8 Å². The summed E-state index contributed by atoms with van der Waals surface area (Å²) in [5, 5.41) is 24.3. The van der Waals surface area contributed by atoms with E-state index < -0.39 is 13.2 Å². The fourth-order valence-corrected chi connectivity index (χ4v) is 3.51. The Hall–Kier alpha value is -1.90. The Morgan fingerprint density at radius 3 is 2.60 bits per heavy atom. The Bertz CT molecular complexity index is 617. The van der Waals surface area contributed by atoms with Crippen LogP contribution in [-0.2, 0) is 16.1 Å². The molecule has 1 aromatic rings. The number of rotatable bonds is 5. The summed E-state index contributed by atoms with van der Waals surface area (Å²) in [6, 6.07) is 6.18. The molecule has 2 heterocycles. The molecule has 8 heteroatoms. The second-order valence-corrected chi connectivity index (χ2v) is 6.67. The number of hydrogen-bond donors (Lipinski definition) is 4. The van der Waals surface area contributed by atoms with E-state index >= 15 is 0 Å². The van der Waals surface area contributed by atoms with Crippen molar-refractivity contribution in [3.63, 3.8) is 0 Å². The first-order valence-electron chi connectivity index (χ1n) is 8.83. The molecule has 0 spiro atoms. The Morgan fingerprint density at radius 2 is 1.96 bits per heavy atom. The molecule has 2 aliphatic heterocycles. The van der Waals surface area contributed by atoms with E-state index in [2.05, 4.69) is 10.6 Å². The molecule has 2 fully saturated rings. The third kappa shape index (κ3) is 4.20. The van der Waals surface area contributed by atoms with E-state index in [4.69, 9.17) is 10.0 Å². The van der Waals surface area contributed by atoms with Gasteiger partial charge >= 0.3 is 7.12 Å². The molecular formula is C17H24BN3O4.